The first-order chi connectivity index (χ1) is 3.68. The SMILES string of the molecule is CCP(=S)(CC)CC. The Morgan fingerprint density at radius 2 is 1.25 bits per heavy atom. The molecule has 0 unspecified atom stereocenters. The van der Waals surface area contributed by atoms with Crippen molar-refractivity contribution >= 4 is 17.8 Å². The molecule has 0 heterocycles. The molecule has 0 rings (SSSR count). The van der Waals surface area contributed by atoms with Crippen LogP contribution < -0.4 is 0 Å². The van der Waals surface area contributed by atoms with Gasteiger partial charge in [-0.05, 0) is 24.5 Å². The molecule has 0 spiro atoms. The molecule has 0 aliphatic rings. The summed E-state index contributed by atoms with van der Waals surface area (Å²) in [5.41, 5.74) is 0. The monoisotopic (exact) mass is 150 g/mol. The number of hydrogen-bond donors (Lipinski definition) is 0. The lowest BCUT2D eigenvalue weighted by atomic mass is 10.9. The van der Waals surface area contributed by atoms with Crippen LogP contribution in [0.1, 0.15) is 20.8 Å². The lowest BCUT2D eigenvalue weighted by Gasteiger charge is -2.13. The molecule has 0 aromatic rings. The Bertz CT molecular complexity index is 79.7. The molecular weight excluding hydrogens is 135 g/mol. The van der Waals surface area contributed by atoms with Crippen molar-refractivity contribution in [1.82, 2.24) is 0 Å². The minimum Gasteiger partial charge on any atom is -0.0975 e. The van der Waals surface area contributed by atoms with Gasteiger partial charge >= 0.3 is 0 Å². The number of rotatable bonds is 3. The normalized spacial score (nSPS) is 11.9. The van der Waals surface area contributed by atoms with Crippen LogP contribution in [-0.4, -0.2) is 18.5 Å². The third-order valence-corrected chi connectivity index (χ3v) is 7.51. The Labute approximate surface area is 57.7 Å². The first kappa shape index (κ1) is 8.65. The van der Waals surface area contributed by atoms with Crippen LogP contribution in [0.25, 0.3) is 0 Å². The van der Waals surface area contributed by atoms with Crippen molar-refractivity contribution in [2.75, 3.05) is 18.5 Å². The van der Waals surface area contributed by atoms with E-state index in [9.17, 15) is 0 Å². The molecule has 0 nitrogen and oxygen atoms in total. The molecule has 0 N–H and O–H groups in total. The lowest BCUT2D eigenvalue weighted by Crippen LogP contribution is -1.90. The minimum absolute atomic E-state index is 0.829. The zero-order valence-corrected chi connectivity index (χ0v) is 7.69. The van der Waals surface area contributed by atoms with Crippen molar-refractivity contribution in [1.29, 1.82) is 0 Å². The summed E-state index contributed by atoms with van der Waals surface area (Å²) in [5.74, 6) is 0. The Hall–Kier alpha value is 0.650. The molecular formula is C6H15PS. The van der Waals surface area contributed by atoms with Gasteiger partial charge in [0.25, 0.3) is 0 Å². The predicted molar refractivity (Wildman–Crippen MR) is 45.9 cm³/mol. The smallest absolute Gasteiger partial charge is 0.0263 e. The van der Waals surface area contributed by atoms with E-state index < -0.39 is 6.04 Å². The fourth-order valence-electron chi connectivity index (χ4n) is 0.671. The first-order valence-corrected chi connectivity index (χ1v) is 6.61. The van der Waals surface area contributed by atoms with Gasteiger partial charge in [-0.3, -0.25) is 0 Å². The Morgan fingerprint density at radius 3 is 1.25 bits per heavy atom. The number of hydrogen-bond acceptors (Lipinski definition) is 1. The van der Waals surface area contributed by atoms with E-state index >= 15 is 0 Å². The topological polar surface area (TPSA) is 0 Å². The first-order valence-electron chi connectivity index (χ1n) is 3.25. The van der Waals surface area contributed by atoms with E-state index in [1.165, 1.54) is 18.5 Å². The summed E-state index contributed by atoms with van der Waals surface area (Å²) in [6.07, 6.45) is 3.74. The zero-order valence-electron chi connectivity index (χ0n) is 5.98. The molecule has 0 amide bonds. The van der Waals surface area contributed by atoms with Crippen molar-refractivity contribution in [3.63, 3.8) is 0 Å². The van der Waals surface area contributed by atoms with Crippen LogP contribution in [-0.2, 0) is 11.8 Å². The molecule has 0 aromatic heterocycles. The maximum Gasteiger partial charge on any atom is -0.0263 e. The van der Waals surface area contributed by atoms with Gasteiger partial charge in [-0.25, -0.2) is 0 Å². The van der Waals surface area contributed by atoms with Gasteiger partial charge in [0.1, 0.15) is 0 Å². The maximum absolute atomic E-state index is 5.42. The highest BCUT2D eigenvalue weighted by Crippen LogP contribution is 2.43. The van der Waals surface area contributed by atoms with Gasteiger partial charge < -0.3 is 0 Å². The van der Waals surface area contributed by atoms with Gasteiger partial charge in [0.2, 0.25) is 0 Å². The molecule has 0 atom stereocenters. The zero-order chi connectivity index (χ0) is 6.62. The summed E-state index contributed by atoms with van der Waals surface area (Å²) in [6.45, 7) is 6.65. The van der Waals surface area contributed by atoms with Gasteiger partial charge in [-0.1, -0.05) is 32.6 Å². The lowest BCUT2D eigenvalue weighted by molar-refractivity contribution is 1.34. The summed E-state index contributed by atoms with van der Waals surface area (Å²) in [7, 11) is 0. The third kappa shape index (κ3) is 2.28. The van der Waals surface area contributed by atoms with E-state index in [0.29, 0.717) is 0 Å². The summed E-state index contributed by atoms with van der Waals surface area (Å²) in [6, 6.07) is -0.829. The Kier molecular flexibility index (Phi) is 3.93. The third-order valence-electron chi connectivity index (χ3n) is 1.73. The van der Waals surface area contributed by atoms with E-state index in [2.05, 4.69) is 20.8 Å². The summed E-state index contributed by atoms with van der Waals surface area (Å²) < 4.78 is 0. The average molecular weight is 150 g/mol. The van der Waals surface area contributed by atoms with Crippen molar-refractivity contribution < 1.29 is 0 Å². The highest BCUT2D eigenvalue weighted by atomic mass is 32.4. The summed E-state index contributed by atoms with van der Waals surface area (Å²) >= 11 is 5.42. The van der Waals surface area contributed by atoms with Gasteiger partial charge in [0, 0.05) is 0 Å². The van der Waals surface area contributed by atoms with Crippen LogP contribution in [0.5, 0.6) is 0 Å². The molecule has 50 valence electrons. The Balaban J connectivity index is 3.79. The fraction of sp³-hybridized carbons (Fsp3) is 1.00. The van der Waals surface area contributed by atoms with Crippen LogP contribution in [0.2, 0.25) is 0 Å². The predicted octanol–water partition coefficient (Wildman–Crippen LogP) is 2.53. The second-order valence-electron chi connectivity index (χ2n) is 2.01. The highest BCUT2D eigenvalue weighted by Gasteiger charge is 2.06. The molecule has 0 aliphatic heterocycles. The molecule has 0 fully saturated rings. The summed E-state index contributed by atoms with van der Waals surface area (Å²) in [5, 5.41) is 0. The second kappa shape index (κ2) is 3.63. The Morgan fingerprint density at radius 1 is 1.00 bits per heavy atom. The van der Waals surface area contributed by atoms with Crippen LogP contribution in [0.15, 0.2) is 0 Å². The van der Waals surface area contributed by atoms with E-state index in [4.69, 9.17) is 11.8 Å². The highest BCUT2D eigenvalue weighted by molar-refractivity contribution is 8.14. The van der Waals surface area contributed by atoms with Gasteiger partial charge in [0.05, 0.1) is 0 Å². The van der Waals surface area contributed by atoms with Gasteiger partial charge in [-0.15, -0.1) is 0 Å². The van der Waals surface area contributed by atoms with Gasteiger partial charge in [-0.2, -0.15) is 0 Å². The van der Waals surface area contributed by atoms with E-state index in [1.54, 1.807) is 0 Å². The van der Waals surface area contributed by atoms with E-state index in [0.717, 1.165) is 0 Å². The van der Waals surface area contributed by atoms with Crippen molar-refractivity contribution in [2.45, 2.75) is 20.8 Å². The van der Waals surface area contributed by atoms with Crippen molar-refractivity contribution in [3.8, 4) is 0 Å². The molecule has 0 radical (unpaired) electrons. The second-order valence-corrected chi connectivity index (χ2v) is 8.34. The van der Waals surface area contributed by atoms with E-state index in [1.807, 2.05) is 0 Å². The fourth-order valence-corrected chi connectivity index (χ4v) is 2.01. The molecule has 0 aliphatic carbocycles. The van der Waals surface area contributed by atoms with Crippen LogP contribution in [0.3, 0.4) is 0 Å². The quantitative estimate of drug-likeness (QED) is 0.557. The average Bonchev–Trinajstić information content (AvgIpc) is 1.87. The van der Waals surface area contributed by atoms with Gasteiger partial charge in [0.15, 0.2) is 0 Å². The molecule has 0 bridgehead atoms. The van der Waals surface area contributed by atoms with Crippen LogP contribution in [0, 0.1) is 0 Å². The van der Waals surface area contributed by atoms with E-state index in [-0.39, 0.29) is 0 Å². The molecule has 0 saturated heterocycles. The molecule has 0 saturated carbocycles. The van der Waals surface area contributed by atoms with Crippen molar-refractivity contribution in [3.05, 3.63) is 0 Å². The minimum atomic E-state index is -0.829. The molecule has 0 aromatic carbocycles. The largest absolute Gasteiger partial charge is 0.0975 e. The summed E-state index contributed by atoms with van der Waals surface area (Å²) in [4.78, 5) is 0. The standard InChI is InChI=1S/C6H15PS/c1-4-7(8,5-2)6-3/h4-6H2,1-3H3. The maximum atomic E-state index is 5.42. The van der Waals surface area contributed by atoms with Crippen molar-refractivity contribution in [2.24, 2.45) is 0 Å². The van der Waals surface area contributed by atoms with Crippen LogP contribution >= 0.6 is 6.04 Å². The van der Waals surface area contributed by atoms with Crippen LogP contribution in [0.4, 0.5) is 0 Å². The molecule has 8 heavy (non-hydrogen) atoms. The molecule has 2 heteroatoms.